The van der Waals surface area contributed by atoms with Crippen LogP contribution in [0.15, 0.2) is 72.9 Å². The van der Waals surface area contributed by atoms with Gasteiger partial charge in [-0.15, -0.1) is 0 Å². The topological polar surface area (TPSA) is 88.0 Å². The second-order valence-electron chi connectivity index (χ2n) is 7.07. The summed E-state index contributed by atoms with van der Waals surface area (Å²) in [5.74, 6) is -1.07. The summed E-state index contributed by atoms with van der Waals surface area (Å²) in [7, 11) is 0. The van der Waals surface area contributed by atoms with Gasteiger partial charge in [0.25, 0.3) is 0 Å². The van der Waals surface area contributed by atoms with Gasteiger partial charge in [-0.25, -0.2) is 24.1 Å². The Kier molecular flexibility index (Phi) is 4.88. The molecule has 0 unspecified atom stereocenters. The summed E-state index contributed by atoms with van der Waals surface area (Å²) in [5, 5.41) is 14.0. The lowest BCUT2D eigenvalue weighted by Gasteiger charge is -2.12. The number of pyridine rings is 1. The number of carboxylic acid groups (broad SMARTS) is 1. The van der Waals surface area contributed by atoms with E-state index in [1.165, 1.54) is 18.2 Å². The minimum atomic E-state index is -1.000. The first-order valence-corrected chi connectivity index (χ1v) is 9.99. The number of hydrogen-bond donors (Lipinski definition) is 2. The zero-order valence-corrected chi connectivity index (χ0v) is 17.1. The third-order valence-corrected chi connectivity index (χ3v) is 5.25. The summed E-state index contributed by atoms with van der Waals surface area (Å²) >= 11 is 6.23. The molecule has 32 heavy (non-hydrogen) atoms. The Labute approximate surface area is 186 Å². The van der Waals surface area contributed by atoms with E-state index in [-0.39, 0.29) is 11.4 Å². The number of benzene rings is 3. The molecule has 2 heterocycles. The number of halogens is 2. The van der Waals surface area contributed by atoms with E-state index in [0.717, 1.165) is 5.39 Å². The van der Waals surface area contributed by atoms with Crippen LogP contribution in [-0.4, -0.2) is 26.0 Å². The van der Waals surface area contributed by atoms with E-state index in [1.54, 1.807) is 48.7 Å². The van der Waals surface area contributed by atoms with Crippen LogP contribution in [0.2, 0.25) is 5.02 Å². The average molecular weight is 445 g/mol. The van der Waals surface area contributed by atoms with Crippen LogP contribution < -0.4 is 5.32 Å². The Morgan fingerprint density at radius 1 is 0.969 bits per heavy atom. The van der Waals surface area contributed by atoms with Crippen LogP contribution in [0, 0.1) is 5.82 Å². The second kappa shape index (κ2) is 7.86. The molecule has 2 aromatic heterocycles. The molecule has 0 radical (unpaired) electrons. The fourth-order valence-corrected chi connectivity index (χ4v) is 3.67. The van der Waals surface area contributed by atoms with Crippen LogP contribution in [-0.2, 0) is 0 Å². The highest BCUT2D eigenvalue weighted by Gasteiger charge is 2.15. The summed E-state index contributed by atoms with van der Waals surface area (Å²) < 4.78 is 14.5. The zero-order valence-electron chi connectivity index (χ0n) is 16.4. The Bertz CT molecular complexity index is 1510. The van der Waals surface area contributed by atoms with Gasteiger partial charge in [-0.3, -0.25) is 0 Å². The third kappa shape index (κ3) is 3.59. The van der Waals surface area contributed by atoms with E-state index >= 15 is 0 Å². The highest BCUT2D eigenvalue weighted by Crippen LogP contribution is 2.34. The number of carboxylic acids is 1. The number of aromatic carboxylic acids is 1. The Balaban J connectivity index is 1.65. The fourth-order valence-electron chi connectivity index (χ4n) is 3.50. The van der Waals surface area contributed by atoms with Crippen molar-refractivity contribution in [3.05, 3.63) is 89.3 Å². The molecule has 156 valence electrons. The van der Waals surface area contributed by atoms with Crippen LogP contribution in [0.1, 0.15) is 10.4 Å². The summed E-state index contributed by atoms with van der Waals surface area (Å²) in [4.78, 5) is 24.6. The standard InChI is InChI=1S/C24H14ClFN4O2/c25-14-7-10-16-18(11-14)21(17-3-1-2-4-19(17)26)29-20-12-27-24(30-22(16)20)28-15-8-5-13(6-9-15)23(31)32/h1-12H,(H,31,32)(H,27,28,30). The van der Waals surface area contributed by atoms with Gasteiger partial charge in [-0.2, -0.15) is 0 Å². The van der Waals surface area contributed by atoms with Crippen molar-refractivity contribution < 1.29 is 14.3 Å². The normalized spacial score (nSPS) is 11.1. The van der Waals surface area contributed by atoms with Crippen LogP contribution in [0.5, 0.6) is 0 Å². The van der Waals surface area contributed by atoms with E-state index < -0.39 is 5.97 Å². The summed E-state index contributed by atoms with van der Waals surface area (Å²) in [6.07, 6.45) is 1.56. The number of nitrogens with zero attached hydrogens (tertiary/aromatic N) is 3. The van der Waals surface area contributed by atoms with Crippen LogP contribution in [0.4, 0.5) is 16.0 Å². The lowest BCUT2D eigenvalue weighted by atomic mass is 10.0. The molecule has 0 saturated heterocycles. The van der Waals surface area contributed by atoms with Crippen molar-refractivity contribution in [1.29, 1.82) is 0 Å². The molecule has 0 atom stereocenters. The predicted octanol–water partition coefficient (Wildman–Crippen LogP) is 6.08. The Morgan fingerprint density at radius 3 is 2.50 bits per heavy atom. The molecule has 0 bridgehead atoms. The van der Waals surface area contributed by atoms with Crippen molar-refractivity contribution in [1.82, 2.24) is 15.0 Å². The highest BCUT2D eigenvalue weighted by molar-refractivity contribution is 6.31. The first-order chi connectivity index (χ1) is 15.5. The molecule has 6 nitrogen and oxygen atoms in total. The monoisotopic (exact) mass is 444 g/mol. The number of nitrogens with one attached hydrogen (secondary N) is 1. The van der Waals surface area contributed by atoms with Crippen molar-refractivity contribution in [3.63, 3.8) is 0 Å². The van der Waals surface area contributed by atoms with Gasteiger partial charge in [0.2, 0.25) is 5.95 Å². The molecular formula is C24H14ClFN4O2. The summed E-state index contributed by atoms with van der Waals surface area (Å²) in [6, 6.07) is 18.0. The van der Waals surface area contributed by atoms with Gasteiger partial charge in [-0.05, 0) is 48.5 Å². The summed E-state index contributed by atoms with van der Waals surface area (Å²) in [6.45, 7) is 0. The Hall–Kier alpha value is -4.10. The fraction of sp³-hybridized carbons (Fsp3) is 0. The minimum Gasteiger partial charge on any atom is -0.478 e. The van der Waals surface area contributed by atoms with Crippen LogP contribution in [0.25, 0.3) is 33.1 Å². The molecule has 3 aromatic carbocycles. The largest absolute Gasteiger partial charge is 0.478 e. The minimum absolute atomic E-state index is 0.183. The average Bonchev–Trinajstić information content (AvgIpc) is 2.79. The molecular weight excluding hydrogens is 431 g/mol. The van der Waals surface area contributed by atoms with E-state index in [4.69, 9.17) is 16.7 Å². The SMILES string of the molecule is O=C(O)c1ccc(Nc2ncc3nc(-c4ccccc4F)c4cc(Cl)ccc4c3n2)cc1. The van der Waals surface area contributed by atoms with E-state index in [9.17, 15) is 9.18 Å². The maximum Gasteiger partial charge on any atom is 0.335 e. The zero-order chi connectivity index (χ0) is 22.2. The molecule has 0 spiro atoms. The van der Waals surface area contributed by atoms with Gasteiger partial charge < -0.3 is 10.4 Å². The maximum atomic E-state index is 14.5. The van der Waals surface area contributed by atoms with Crippen molar-refractivity contribution in [3.8, 4) is 11.3 Å². The lowest BCUT2D eigenvalue weighted by Crippen LogP contribution is -2.01. The number of aromatic nitrogens is 3. The predicted molar refractivity (Wildman–Crippen MR) is 122 cm³/mol. The van der Waals surface area contributed by atoms with Crippen molar-refractivity contribution in [2.24, 2.45) is 0 Å². The molecule has 0 aliphatic carbocycles. The second-order valence-corrected chi connectivity index (χ2v) is 7.50. The molecule has 2 N–H and O–H groups in total. The van der Waals surface area contributed by atoms with Crippen LogP contribution >= 0.6 is 11.6 Å². The van der Waals surface area contributed by atoms with Gasteiger partial charge in [-0.1, -0.05) is 29.8 Å². The smallest absolute Gasteiger partial charge is 0.335 e. The molecule has 8 heteroatoms. The molecule has 0 fully saturated rings. The number of anilines is 2. The molecule has 0 amide bonds. The quantitative estimate of drug-likeness (QED) is 0.327. The number of hydrogen-bond acceptors (Lipinski definition) is 5. The maximum absolute atomic E-state index is 14.5. The highest BCUT2D eigenvalue weighted by atomic mass is 35.5. The van der Waals surface area contributed by atoms with Crippen molar-refractivity contribution in [2.45, 2.75) is 0 Å². The number of rotatable bonds is 4. The van der Waals surface area contributed by atoms with Crippen LogP contribution in [0.3, 0.4) is 0 Å². The lowest BCUT2D eigenvalue weighted by molar-refractivity contribution is 0.0697. The number of carbonyl (C=O) groups is 1. The number of fused-ring (bicyclic) bond motifs is 3. The van der Waals surface area contributed by atoms with E-state index in [2.05, 4.69) is 20.3 Å². The first kappa shape index (κ1) is 19.8. The van der Waals surface area contributed by atoms with Gasteiger partial charge in [0.15, 0.2) is 0 Å². The molecule has 5 aromatic rings. The van der Waals surface area contributed by atoms with E-state index in [0.29, 0.717) is 44.3 Å². The van der Waals surface area contributed by atoms with Crippen molar-refractivity contribution in [2.75, 3.05) is 5.32 Å². The van der Waals surface area contributed by atoms with Crippen molar-refractivity contribution >= 4 is 51.0 Å². The first-order valence-electron chi connectivity index (χ1n) is 9.61. The van der Waals surface area contributed by atoms with E-state index in [1.807, 2.05) is 6.07 Å². The molecule has 0 saturated carbocycles. The molecule has 0 aliphatic heterocycles. The van der Waals surface area contributed by atoms with Gasteiger partial charge in [0.05, 0.1) is 17.5 Å². The van der Waals surface area contributed by atoms with Gasteiger partial charge in [0, 0.05) is 27.0 Å². The van der Waals surface area contributed by atoms with Gasteiger partial charge >= 0.3 is 5.97 Å². The Morgan fingerprint density at radius 2 is 1.75 bits per heavy atom. The molecule has 5 rings (SSSR count). The summed E-state index contributed by atoms with van der Waals surface area (Å²) in [5.41, 5.74) is 2.73. The third-order valence-electron chi connectivity index (χ3n) is 5.01. The van der Waals surface area contributed by atoms with Gasteiger partial charge in [0.1, 0.15) is 16.9 Å². The molecule has 0 aliphatic rings.